The molecule has 0 aliphatic rings. The summed E-state index contributed by atoms with van der Waals surface area (Å²) in [5, 5.41) is 0. The molecule has 0 spiro atoms. The van der Waals surface area contributed by atoms with E-state index in [0.717, 1.165) is 28.8 Å². The summed E-state index contributed by atoms with van der Waals surface area (Å²) in [6, 6.07) is 9.67. The number of hydrogen-bond donors (Lipinski definition) is 1. The molecule has 0 saturated carbocycles. The van der Waals surface area contributed by atoms with Gasteiger partial charge in [-0.2, -0.15) is 0 Å². The van der Waals surface area contributed by atoms with Gasteiger partial charge in [-0.3, -0.25) is 0 Å². The van der Waals surface area contributed by atoms with Gasteiger partial charge in [0.1, 0.15) is 17.5 Å². The molecule has 0 atom stereocenters. The van der Waals surface area contributed by atoms with E-state index >= 15 is 0 Å². The number of nitrogens with zero attached hydrogens (tertiary/aromatic N) is 4. The quantitative estimate of drug-likeness (QED) is 0.854. The maximum atomic E-state index is 5.70. The third-order valence-corrected chi connectivity index (χ3v) is 2.89. The lowest BCUT2D eigenvalue weighted by Gasteiger charge is -2.21. The highest BCUT2D eigenvalue weighted by atomic mass is 15.2. The highest BCUT2D eigenvalue weighted by Crippen LogP contribution is 2.24. The van der Waals surface area contributed by atoms with Gasteiger partial charge in [0, 0.05) is 38.6 Å². The van der Waals surface area contributed by atoms with Crippen LogP contribution in [0.4, 0.5) is 23.0 Å². The minimum absolute atomic E-state index is 0.753. The molecule has 0 aliphatic carbocycles. The summed E-state index contributed by atoms with van der Waals surface area (Å²) in [5.74, 6) is 2.51. The SMILES string of the molecule is Cc1nc(N(C)C)cc(N(C)c2ccc(N)cc2)n1. The van der Waals surface area contributed by atoms with Gasteiger partial charge in [0.25, 0.3) is 0 Å². The van der Waals surface area contributed by atoms with Gasteiger partial charge in [-0.25, -0.2) is 9.97 Å². The second kappa shape index (κ2) is 5.14. The zero-order valence-corrected chi connectivity index (χ0v) is 11.8. The molecule has 1 aromatic heterocycles. The van der Waals surface area contributed by atoms with Crippen molar-refractivity contribution < 1.29 is 0 Å². The molecule has 2 rings (SSSR count). The van der Waals surface area contributed by atoms with Crippen LogP contribution < -0.4 is 15.5 Å². The molecule has 5 nitrogen and oxygen atoms in total. The average Bonchev–Trinajstić information content (AvgIpc) is 2.38. The van der Waals surface area contributed by atoms with E-state index < -0.39 is 0 Å². The number of nitrogens with two attached hydrogens (primary N) is 1. The van der Waals surface area contributed by atoms with Gasteiger partial charge >= 0.3 is 0 Å². The maximum Gasteiger partial charge on any atom is 0.138 e. The van der Waals surface area contributed by atoms with E-state index in [4.69, 9.17) is 5.73 Å². The van der Waals surface area contributed by atoms with Crippen LogP contribution in [0.25, 0.3) is 0 Å². The Balaban J connectivity index is 2.38. The Hall–Kier alpha value is -2.30. The van der Waals surface area contributed by atoms with Gasteiger partial charge in [0.05, 0.1) is 0 Å². The van der Waals surface area contributed by atoms with E-state index in [0.29, 0.717) is 0 Å². The molecule has 2 N–H and O–H groups in total. The highest BCUT2D eigenvalue weighted by Gasteiger charge is 2.09. The minimum atomic E-state index is 0.753. The van der Waals surface area contributed by atoms with E-state index in [1.807, 2.05) is 68.2 Å². The second-order valence-corrected chi connectivity index (χ2v) is 4.68. The Morgan fingerprint density at radius 3 is 2.11 bits per heavy atom. The maximum absolute atomic E-state index is 5.70. The topological polar surface area (TPSA) is 58.3 Å². The van der Waals surface area contributed by atoms with Crippen LogP contribution in [0.5, 0.6) is 0 Å². The molecule has 5 heteroatoms. The van der Waals surface area contributed by atoms with Crippen LogP contribution in [0.3, 0.4) is 0 Å². The Labute approximate surface area is 113 Å². The molecule has 1 heterocycles. The third kappa shape index (κ3) is 2.93. The molecule has 0 aliphatic heterocycles. The predicted octanol–water partition coefficient (Wildman–Crippen LogP) is 2.20. The minimum Gasteiger partial charge on any atom is -0.399 e. The molecule has 2 aromatic rings. The van der Waals surface area contributed by atoms with Gasteiger partial charge in [0.15, 0.2) is 0 Å². The van der Waals surface area contributed by atoms with Crippen LogP contribution in [0, 0.1) is 6.92 Å². The molecule has 100 valence electrons. The van der Waals surface area contributed by atoms with Crippen LogP contribution in [-0.2, 0) is 0 Å². The number of hydrogen-bond acceptors (Lipinski definition) is 5. The largest absolute Gasteiger partial charge is 0.399 e. The van der Waals surface area contributed by atoms with E-state index in [9.17, 15) is 0 Å². The van der Waals surface area contributed by atoms with Crippen molar-refractivity contribution in [2.45, 2.75) is 6.92 Å². The predicted molar refractivity (Wildman–Crippen MR) is 80.0 cm³/mol. The summed E-state index contributed by atoms with van der Waals surface area (Å²) in [7, 11) is 5.91. The highest BCUT2D eigenvalue weighted by molar-refractivity contribution is 5.63. The van der Waals surface area contributed by atoms with Gasteiger partial charge in [-0.15, -0.1) is 0 Å². The van der Waals surface area contributed by atoms with Crippen molar-refractivity contribution in [3.63, 3.8) is 0 Å². The molecular weight excluding hydrogens is 238 g/mol. The number of benzene rings is 1. The smallest absolute Gasteiger partial charge is 0.138 e. The number of anilines is 4. The average molecular weight is 257 g/mol. The summed E-state index contributed by atoms with van der Waals surface area (Å²) in [5.41, 5.74) is 7.50. The Morgan fingerprint density at radius 1 is 0.947 bits per heavy atom. The van der Waals surface area contributed by atoms with Crippen molar-refractivity contribution in [3.05, 3.63) is 36.2 Å². The molecule has 0 amide bonds. The molecule has 0 bridgehead atoms. The zero-order chi connectivity index (χ0) is 14.0. The lowest BCUT2D eigenvalue weighted by molar-refractivity contribution is 0.969. The number of aryl methyl sites for hydroxylation is 1. The summed E-state index contributed by atoms with van der Waals surface area (Å²) < 4.78 is 0. The van der Waals surface area contributed by atoms with Gasteiger partial charge in [-0.05, 0) is 31.2 Å². The van der Waals surface area contributed by atoms with E-state index in [1.54, 1.807) is 0 Å². The fraction of sp³-hybridized carbons (Fsp3) is 0.286. The summed E-state index contributed by atoms with van der Waals surface area (Å²) in [6.45, 7) is 1.90. The number of aromatic nitrogens is 2. The molecule has 1 aromatic carbocycles. The number of nitrogen functional groups attached to an aromatic ring is 1. The second-order valence-electron chi connectivity index (χ2n) is 4.68. The Kier molecular flexibility index (Phi) is 3.55. The van der Waals surface area contributed by atoms with Crippen molar-refractivity contribution in [1.82, 2.24) is 9.97 Å². The zero-order valence-electron chi connectivity index (χ0n) is 11.8. The van der Waals surface area contributed by atoms with Crippen LogP contribution in [-0.4, -0.2) is 31.1 Å². The van der Waals surface area contributed by atoms with Gasteiger partial charge in [0.2, 0.25) is 0 Å². The van der Waals surface area contributed by atoms with Gasteiger partial charge < -0.3 is 15.5 Å². The molecule has 0 fully saturated rings. The third-order valence-electron chi connectivity index (χ3n) is 2.89. The fourth-order valence-corrected chi connectivity index (χ4v) is 1.77. The molecular formula is C14H19N5. The van der Waals surface area contributed by atoms with Crippen molar-refractivity contribution in [2.75, 3.05) is 36.7 Å². The first-order chi connectivity index (χ1) is 8.97. The van der Waals surface area contributed by atoms with E-state index in [2.05, 4.69) is 9.97 Å². The lowest BCUT2D eigenvalue weighted by Crippen LogP contribution is -2.16. The van der Waals surface area contributed by atoms with Crippen molar-refractivity contribution >= 4 is 23.0 Å². The van der Waals surface area contributed by atoms with Crippen LogP contribution in [0.2, 0.25) is 0 Å². The molecule has 0 saturated heterocycles. The van der Waals surface area contributed by atoms with Crippen molar-refractivity contribution in [1.29, 1.82) is 0 Å². The first-order valence-electron chi connectivity index (χ1n) is 6.09. The van der Waals surface area contributed by atoms with Gasteiger partial charge in [-0.1, -0.05) is 0 Å². The normalized spacial score (nSPS) is 10.3. The first kappa shape index (κ1) is 13.1. The standard InChI is InChI=1S/C14H19N5/c1-10-16-13(18(2)3)9-14(17-10)19(4)12-7-5-11(15)6-8-12/h5-9H,15H2,1-4H3. The van der Waals surface area contributed by atoms with Crippen LogP contribution in [0.15, 0.2) is 30.3 Å². The van der Waals surface area contributed by atoms with Crippen LogP contribution >= 0.6 is 0 Å². The van der Waals surface area contributed by atoms with E-state index in [1.165, 1.54) is 0 Å². The first-order valence-corrected chi connectivity index (χ1v) is 6.09. The number of rotatable bonds is 3. The Bertz CT molecular complexity index is 563. The monoisotopic (exact) mass is 257 g/mol. The fourth-order valence-electron chi connectivity index (χ4n) is 1.77. The van der Waals surface area contributed by atoms with E-state index in [-0.39, 0.29) is 0 Å². The summed E-state index contributed by atoms with van der Waals surface area (Å²) in [6.07, 6.45) is 0. The van der Waals surface area contributed by atoms with Crippen molar-refractivity contribution in [2.24, 2.45) is 0 Å². The van der Waals surface area contributed by atoms with Crippen LogP contribution in [0.1, 0.15) is 5.82 Å². The summed E-state index contributed by atoms with van der Waals surface area (Å²) >= 11 is 0. The molecule has 0 unspecified atom stereocenters. The molecule has 19 heavy (non-hydrogen) atoms. The Morgan fingerprint density at radius 2 is 1.53 bits per heavy atom. The van der Waals surface area contributed by atoms with Crippen molar-refractivity contribution in [3.8, 4) is 0 Å². The summed E-state index contributed by atoms with van der Waals surface area (Å²) in [4.78, 5) is 12.8. The lowest BCUT2D eigenvalue weighted by atomic mass is 10.2. The molecule has 0 radical (unpaired) electrons.